The quantitative estimate of drug-likeness (QED) is 0.548. The van der Waals surface area contributed by atoms with E-state index in [2.05, 4.69) is 10.3 Å². The van der Waals surface area contributed by atoms with Crippen molar-refractivity contribution < 1.29 is 30.8 Å². The Labute approximate surface area is 168 Å². The minimum Gasteiger partial charge on any atom is -0.343 e. The van der Waals surface area contributed by atoms with Crippen LogP contribution < -0.4 is 5.32 Å². The Morgan fingerprint density at radius 1 is 1.38 bits per heavy atom. The van der Waals surface area contributed by atoms with Crippen molar-refractivity contribution in [3.8, 4) is 0 Å². The first kappa shape index (κ1) is 21.6. The molecule has 0 unspecified atom stereocenters. The van der Waals surface area contributed by atoms with Crippen LogP contribution in [0.5, 0.6) is 0 Å². The largest absolute Gasteiger partial charge is 0.395 e. The van der Waals surface area contributed by atoms with Gasteiger partial charge in [0, 0.05) is 25.1 Å². The lowest BCUT2D eigenvalue weighted by Gasteiger charge is -2.42. The number of alkyl halides is 3. The van der Waals surface area contributed by atoms with E-state index >= 15 is 0 Å². The summed E-state index contributed by atoms with van der Waals surface area (Å²) < 4.78 is 81.0. The van der Waals surface area contributed by atoms with Crippen molar-refractivity contribution in [3.05, 3.63) is 41.2 Å². The van der Waals surface area contributed by atoms with Gasteiger partial charge in [-0.15, -0.1) is 0 Å². The number of carbonyl (C=O) groups excluding carboxylic acids is 1. The number of rotatable bonds is 5. The van der Waals surface area contributed by atoms with Crippen molar-refractivity contribution in [1.29, 1.82) is 0 Å². The van der Waals surface area contributed by atoms with Crippen molar-refractivity contribution in [3.63, 3.8) is 0 Å². The molecule has 1 N–H and O–H groups in total. The summed E-state index contributed by atoms with van der Waals surface area (Å²) in [6.07, 6.45) is -3.04. The number of aromatic nitrogens is 2. The third-order valence-corrected chi connectivity index (χ3v) is 7.09. The van der Waals surface area contributed by atoms with E-state index < -0.39 is 49.5 Å². The number of amides is 1. The number of nitrogens with one attached hydrogen (secondary N) is 1. The van der Waals surface area contributed by atoms with Gasteiger partial charge < -0.3 is 9.88 Å². The van der Waals surface area contributed by atoms with Gasteiger partial charge in [0.2, 0.25) is 0 Å². The summed E-state index contributed by atoms with van der Waals surface area (Å²) in [5.74, 6) is -3.64. The summed E-state index contributed by atoms with van der Waals surface area (Å²) >= 11 is 5.71. The lowest BCUT2D eigenvalue weighted by atomic mass is 9.70. The van der Waals surface area contributed by atoms with Gasteiger partial charge >= 0.3 is 6.18 Å². The van der Waals surface area contributed by atoms with Gasteiger partial charge in [-0.1, -0.05) is 18.0 Å². The molecule has 1 saturated carbocycles. The molecule has 2 heterocycles. The fourth-order valence-electron chi connectivity index (χ4n) is 3.27. The lowest BCUT2D eigenvalue weighted by Crippen LogP contribution is -2.48. The molecular weight excluding hydrogens is 438 g/mol. The maximum Gasteiger partial charge on any atom is 0.395 e. The number of nitrogens with zero attached hydrogens (tertiary/aromatic N) is 2. The molecule has 158 valence electrons. The Morgan fingerprint density at radius 2 is 2.03 bits per heavy atom. The zero-order chi connectivity index (χ0) is 21.6. The predicted molar refractivity (Wildman–Crippen MR) is 97.0 cm³/mol. The molecule has 1 fully saturated rings. The van der Waals surface area contributed by atoms with Crippen LogP contribution in [0.25, 0.3) is 0 Å². The van der Waals surface area contributed by atoms with Crippen molar-refractivity contribution in [2.24, 2.45) is 12.5 Å². The molecule has 3 rings (SSSR count). The predicted octanol–water partition coefficient (Wildman–Crippen LogP) is 3.97. The van der Waals surface area contributed by atoms with E-state index in [4.69, 9.17) is 11.6 Å². The van der Waals surface area contributed by atoms with Crippen LogP contribution in [0.1, 0.15) is 29.8 Å². The Kier molecular flexibility index (Phi) is 5.41. The van der Waals surface area contributed by atoms with Gasteiger partial charge in [-0.05, 0) is 25.0 Å². The van der Waals surface area contributed by atoms with Crippen LogP contribution in [0.2, 0.25) is 5.15 Å². The van der Waals surface area contributed by atoms with Crippen molar-refractivity contribution >= 4 is 33.0 Å². The number of halogens is 5. The van der Waals surface area contributed by atoms with Crippen molar-refractivity contribution in [1.82, 2.24) is 9.55 Å². The number of sulfone groups is 1. The summed E-state index contributed by atoms with van der Waals surface area (Å²) in [6.45, 7) is 0. The third-order valence-electron chi connectivity index (χ3n) is 5.00. The van der Waals surface area contributed by atoms with Crippen LogP contribution in [0.15, 0.2) is 29.4 Å². The molecule has 12 heteroatoms. The third kappa shape index (κ3) is 3.97. The molecule has 0 bridgehead atoms. The monoisotopic (exact) mass is 453 g/mol. The molecule has 0 saturated heterocycles. The SMILES string of the molecule is Cn1cc(S(=O)(=O)CC2(C(F)(F)F)CCC2)c(F)c1C(=O)Nc1ccnc(Cl)c1. The normalized spacial score (nSPS) is 16.3. The number of hydrogen-bond donors (Lipinski definition) is 1. The second kappa shape index (κ2) is 7.28. The van der Waals surface area contributed by atoms with Gasteiger partial charge in [-0.2, -0.15) is 13.2 Å². The summed E-state index contributed by atoms with van der Waals surface area (Å²) in [4.78, 5) is 15.2. The first-order valence-corrected chi connectivity index (χ1v) is 10.5. The van der Waals surface area contributed by atoms with E-state index in [0.29, 0.717) is 0 Å². The van der Waals surface area contributed by atoms with Crippen LogP contribution >= 0.6 is 11.6 Å². The lowest BCUT2D eigenvalue weighted by molar-refractivity contribution is -0.241. The van der Waals surface area contributed by atoms with Crippen LogP contribution in [0.4, 0.5) is 23.2 Å². The van der Waals surface area contributed by atoms with Crippen LogP contribution in [0, 0.1) is 11.2 Å². The molecule has 2 aromatic rings. The molecule has 0 aliphatic heterocycles. The number of carbonyl (C=O) groups is 1. The Morgan fingerprint density at radius 3 is 2.55 bits per heavy atom. The molecule has 1 amide bonds. The first-order valence-electron chi connectivity index (χ1n) is 8.43. The van der Waals surface area contributed by atoms with Crippen LogP contribution in [-0.4, -0.2) is 35.8 Å². The number of aryl methyl sites for hydroxylation is 1. The molecule has 0 aromatic carbocycles. The van der Waals surface area contributed by atoms with Gasteiger partial charge in [0.25, 0.3) is 5.91 Å². The highest BCUT2D eigenvalue weighted by atomic mass is 35.5. The Balaban J connectivity index is 1.91. The summed E-state index contributed by atoms with van der Waals surface area (Å²) in [5, 5.41) is 2.41. The maximum absolute atomic E-state index is 14.8. The van der Waals surface area contributed by atoms with Crippen molar-refractivity contribution in [2.75, 3.05) is 11.1 Å². The molecule has 1 aliphatic carbocycles. The highest BCUT2D eigenvalue weighted by Crippen LogP contribution is 2.54. The van der Waals surface area contributed by atoms with E-state index in [9.17, 15) is 30.8 Å². The average molecular weight is 454 g/mol. The molecule has 0 spiro atoms. The molecule has 1 aliphatic rings. The topological polar surface area (TPSA) is 81.1 Å². The smallest absolute Gasteiger partial charge is 0.343 e. The van der Waals surface area contributed by atoms with E-state index in [1.807, 2.05) is 0 Å². The fraction of sp³-hybridized carbons (Fsp3) is 0.412. The fourth-order valence-corrected chi connectivity index (χ4v) is 5.47. The average Bonchev–Trinajstić information content (AvgIpc) is 2.85. The summed E-state index contributed by atoms with van der Waals surface area (Å²) in [7, 11) is -3.41. The van der Waals surface area contributed by atoms with Crippen LogP contribution in [0.3, 0.4) is 0 Å². The molecule has 0 atom stereocenters. The van der Waals surface area contributed by atoms with Gasteiger partial charge in [0.1, 0.15) is 15.7 Å². The van der Waals surface area contributed by atoms with E-state index in [1.165, 1.54) is 25.4 Å². The van der Waals surface area contributed by atoms with E-state index in [1.54, 1.807) is 0 Å². The highest BCUT2D eigenvalue weighted by Gasteiger charge is 2.60. The number of anilines is 1. The van der Waals surface area contributed by atoms with Gasteiger partial charge in [0.15, 0.2) is 15.7 Å². The second-order valence-corrected chi connectivity index (χ2v) is 9.32. The maximum atomic E-state index is 14.8. The standard InChI is InChI=1S/C17H16ClF4N3O3S/c1-25-8-11(29(27,28)9-16(4-2-5-16)17(20,21)22)13(19)14(25)15(26)24-10-3-6-23-12(18)7-10/h3,6-8H,2,4-5,9H2,1H3,(H,23,24,26). The highest BCUT2D eigenvalue weighted by molar-refractivity contribution is 7.91. The molecule has 6 nitrogen and oxygen atoms in total. The van der Waals surface area contributed by atoms with Gasteiger partial charge in [-0.25, -0.2) is 17.8 Å². The minimum absolute atomic E-state index is 0.0661. The molecular formula is C17H16ClF4N3O3S. The Hall–Kier alpha value is -2.14. The molecule has 29 heavy (non-hydrogen) atoms. The first-order chi connectivity index (χ1) is 13.4. The van der Waals surface area contributed by atoms with E-state index in [0.717, 1.165) is 10.8 Å². The summed E-state index contributed by atoms with van der Waals surface area (Å²) in [5.41, 5.74) is -2.83. The van der Waals surface area contributed by atoms with Crippen molar-refractivity contribution in [2.45, 2.75) is 30.3 Å². The number of pyridine rings is 1. The zero-order valence-electron chi connectivity index (χ0n) is 15.1. The second-order valence-electron chi connectivity index (χ2n) is 6.98. The van der Waals surface area contributed by atoms with E-state index in [-0.39, 0.29) is 30.1 Å². The van der Waals surface area contributed by atoms with Gasteiger partial charge in [0.05, 0.1) is 11.2 Å². The molecule has 2 aromatic heterocycles. The summed E-state index contributed by atoms with van der Waals surface area (Å²) in [6, 6.07) is 2.67. The molecule has 0 radical (unpaired) electrons. The number of hydrogen-bond acceptors (Lipinski definition) is 4. The van der Waals surface area contributed by atoms with Gasteiger partial charge in [-0.3, -0.25) is 4.79 Å². The Bertz CT molecular complexity index is 1060. The zero-order valence-corrected chi connectivity index (χ0v) is 16.6. The minimum atomic E-state index is -4.72. The van der Waals surface area contributed by atoms with Crippen LogP contribution in [-0.2, 0) is 16.9 Å².